The zero-order chi connectivity index (χ0) is 15.1. The van der Waals surface area contributed by atoms with Crippen LogP contribution in [0.15, 0.2) is 18.2 Å². The van der Waals surface area contributed by atoms with Gasteiger partial charge in [0.2, 0.25) is 5.82 Å². The Morgan fingerprint density at radius 2 is 2.19 bits per heavy atom. The fourth-order valence-corrected chi connectivity index (χ4v) is 1.91. The second kappa shape index (κ2) is 7.70. The third-order valence-electron chi connectivity index (χ3n) is 2.92. The smallest absolute Gasteiger partial charge is 0.212 e. The number of hydrogen-bond acceptors (Lipinski definition) is 6. The zero-order valence-electron chi connectivity index (χ0n) is 12.7. The first kappa shape index (κ1) is 15.4. The van der Waals surface area contributed by atoms with E-state index in [0.29, 0.717) is 19.0 Å². The minimum absolute atomic E-state index is 0.308. The molecular formula is C14H21N5O2. The van der Waals surface area contributed by atoms with Crippen molar-refractivity contribution in [1.29, 1.82) is 0 Å². The Balaban J connectivity index is 1.97. The molecule has 0 atom stereocenters. The fraction of sp³-hybridized carbons (Fsp3) is 0.500. The van der Waals surface area contributed by atoms with Crippen molar-refractivity contribution in [3.63, 3.8) is 0 Å². The topological polar surface area (TPSA) is 74.1 Å². The van der Waals surface area contributed by atoms with Crippen LogP contribution in [0.1, 0.15) is 17.0 Å². The summed E-state index contributed by atoms with van der Waals surface area (Å²) < 4.78 is 10.8. The predicted octanol–water partition coefficient (Wildman–Crippen LogP) is 0.834. The third kappa shape index (κ3) is 4.80. The number of benzene rings is 1. The lowest BCUT2D eigenvalue weighted by atomic mass is 10.1. The molecule has 21 heavy (non-hydrogen) atoms. The van der Waals surface area contributed by atoms with E-state index in [0.717, 1.165) is 24.4 Å². The van der Waals surface area contributed by atoms with Gasteiger partial charge in [0.25, 0.3) is 0 Å². The van der Waals surface area contributed by atoms with Crippen LogP contribution in [-0.4, -0.2) is 40.5 Å². The molecule has 0 aliphatic heterocycles. The van der Waals surface area contributed by atoms with Gasteiger partial charge >= 0.3 is 0 Å². The van der Waals surface area contributed by atoms with Gasteiger partial charge in [0, 0.05) is 25.8 Å². The molecule has 1 aromatic carbocycles. The largest absolute Gasteiger partial charge is 0.485 e. The van der Waals surface area contributed by atoms with E-state index in [9.17, 15) is 0 Å². The number of aryl methyl sites for hydroxylation is 2. The summed E-state index contributed by atoms with van der Waals surface area (Å²) in [4.78, 5) is 1.42. The zero-order valence-corrected chi connectivity index (χ0v) is 12.7. The van der Waals surface area contributed by atoms with Crippen LogP contribution in [0.2, 0.25) is 0 Å². The summed E-state index contributed by atoms with van der Waals surface area (Å²) in [6, 6.07) is 6.11. The van der Waals surface area contributed by atoms with Crippen molar-refractivity contribution < 1.29 is 9.47 Å². The van der Waals surface area contributed by atoms with Crippen LogP contribution < -0.4 is 10.1 Å². The minimum Gasteiger partial charge on any atom is -0.485 e. The summed E-state index contributed by atoms with van der Waals surface area (Å²) in [7, 11) is 3.42. The summed E-state index contributed by atoms with van der Waals surface area (Å²) in [6.45, 7) is 4.59. The highest BCUT2D eigenvalue weighted by atomic mass is 16.5. The summed E-state index contributed by atoms with van der Waals surface area (Å²) >= 11 is 0. The SMILES string of the molecule is COCCNCc1cc(C)ccc1OCc1nnn(C)n1. The van der Waals surface area contributed by atoms with Gasteiger partial charge in [0.1, 0.15) is 5.75 Å². The Bertz CT molecular complexity index is 570. The molecule has 0 aliphatic carbocycles. The first-order chi connectivity index (χ1) is 10.2. The number of nitrogens with one attached hydrogen (secondary N) is 1. The molecule has 0 aliphatic rings. The molecule has 7 heteroatoms. The van der Waals surface area contributed by atoms with E-state index in [-0.39, 0.29) is 0 Å². The number of aromatic nitrogens is 4. The van der Waals surface area contributed by atoms with Crippen molar-refractivity contribution in [3.8, 4) is 5.75 Å². The summed E-state index contributed by atoms with van der Waals surface area (Å²) in [5, 5.41) is 15.1. The van der Waals surface area contributed by atoms with Crippen molar-refractivity contribution in [1.82, 2.24) is 25.5 Å². The molecule has 0 saturated carbocycles. The van der Waals surface area contributed by atoms with Crippen molar-refractivity contribution in [3.05, 3.63) is 35.2 Å². The van der Waals surface area contributed by atoms with Crippen molar-refractivity contribution in [2.75, 3.05) is 20.3 Å². The number of rotatable bonds is 8. The molecule has 0 unspecified atom stereocenters. The quantitative estimate of drug-likeness (QED) is 0.726. The Hall–Kier alpha value is -1.99. The Morgan fingerprint density at radius 1 is 1.33 bits per heavy atom. The van der Waals surface area contributed by atoms with Gasteiger partial charge in [-0.1, -0.05) is 17.7 Å². The monoisotopic (exact) mass is 291 g/mol. The van der Waals surface area contributed by atoms with Gasteiger partial charge in [-0.25, -0.2) is 0 Å². The lowest BCUT2D eigenvalue weighted by molar-refractivity contribution is 0.199. The van der Waals surface area contributed by atoms with Crippen LogP contribution >= 0.6 is 0 Å². The molecule has 0 saturated heterocycles. The van der Waals surface area contributed by atoms with Crippen LogP contribution in [0.25, 0.3) is 0 Å². The van der Waals surface area contributed by atoms with E-state index >= 15 is 0 Å². The van der Waals surface area contributed by atoms with Crippen molar-refractivity contribution in [2.24, 2.45) is 7.05 Å². The fourth-order valence-electron chi connectivity index (χ4n) is 1.91. The van der Waals surface area contributed by atoms with Crippen LogP contribution in [0, 0.1) is 6.92 Å². The predicted molar refractivity (Wildman–Crippen MR) is 77.9 cm³/mol. The molecule has 0 radical (unpaired) electrons. The van der Waals surface area contributed by atoms with Gasteiger partial charge in [-0.15, -0.1) is 10.2 Å². The molecule has 1 aromatic heterocycles. The molecule has 7 nitrogen and oxygen atoms in total. The average molecular weight is 291 g/mol. The molecule has 2 rings (SSSR count). The summed E-state index contributed by atoms with van der Waals surface area (Å²) in [5.41, 5.74) is 2.30. The summed E-state index contributed by atoms with van der Waals surface area (Å²) in [5.74, 6) is 1.40. The first-order valence-corrected chi connectivity index (χ1v) is 6.84. The second-order valence-corrected chi connectivity index (χ2v) is 4.76. The van der Waals surface area contributed by atoms with Gasteiger partial charge in [-0.05, 0) is 18.2 Å². The highest BCUT2D eigenvalue weighted by molar-refractivity contribution is 5.36. The molecule has 0 bridgehead atoms. The standard InChI is InChI=1S/C14H21N5O2/c1-11-4-5-13(12(8-11)9-15-6-7-20-3)21-10-14-16-18-19(2)17-14/h4-5,8,15H,6-7,9-10H2,1-3H3. The minimum atomic E-state index is 0.308. The molecule has 1 N–H and O–H groups in total. The highest BCUT2D eigenvalue weighted by Crippen LogP contribution is 2.20. The van der Waals surface area contributed by atoms with Gasteiger partial charge in [0.05, 0.1) is 13.7 Å². The van der Waals surface area contributed by atoms with Gasteiger partial charge in [-0.2, -0.15) is 4.80 Å². The summed E-state index contributed by atoms with van der Waals surface area (Å²) in [6.07, 6.45) is 0. The second-order valence-electron chi connectivity index (χ2n) is 4.76. The Kier molecular flexibility index (Phi) is 5.65. The number of tetrazole rings is 1. The van der Waals surface area contributed by atoms with Gasteiger partial charge < -0.3 is 14.8 Å². The van der Waals surface area contributed by atoms with E-state index < -0.39 is 0 Å². The van der Waals surface area contributed by atoms with Crippen LogP contribution in [0.4, 0.5) is 0 Å². The number of hydrogen-bond donors (Lipinski definition) is 1. The van der Waals surface area contributed by atoms with Crippen LogP contribution in [0.3, 0.4) is 0 Å². The van der Waals surface area contributed by atoms with Crippen LogP contribution in [-0.2, 0) is 24.9 Å². The van der Waals surface area contributed by atoms with Crippen molar-refractivity contribution in [2.45, 2.75) is 20.1 Å². The Morgan fingerprint density at radius 3 is 2.90 bits per heavy atom. The van der Waals surface area contributed by atoms with E-state index in [1.54, 1.807) is 14.2 Å². The average Bonchev–Trinajstić information content (AvgIpc) is 2.88. The normalized spacial score (nSPS) is 10.8. The third-order valence-corrected chi connectivity index (χ3v) is 2.92. The van der Waals surface area contributed by atoms with Crippen molar-refractivity contribution >= 4 is 0 Å². The molecule has 0 fully saturated rings. The number of methoxy groups -OCH3 is 1. The van der Waals surface area contributed by atoms with E-state index in [1.165, 1.54) is 10.4 Å². The number of ether oxygens (including phenoxy) is 2. The maximum absolute atomic E-state index is 5.80. The number of nitrogens with zero attached hydrogens (tertiary/aromatic N) is 4. The molecule has 114 valence electrons. The van der Waals surface area contributed by atoms with Crippen LogP contribution in [0.5, 0.6) is 5.75 Å². The molecule has 2 aromatic rings. The Labute approximate surface area is 124 Å². The first-order valence-electron chi connectivity index (χ1n) is 6.84. The molecule has 0 amide bonds. The van der Waals surface area contributed by atoms with E-state index in [2.05, 4.69) is 33.7 Å². The van der Waals surface area contributed by atoms with Gasteiger partial charge in [-0.3, -0.25) is 0 Å². The highest BCUT2D eigenvalue weighted by Gasteiger charge is 2.07. The molecule has 1 heterocycles. The lowest BCUT2D eigenvalue weighted by Gasteiger charge is -2.12. The molecule has 0 spiro atoms. The lowest BCUT2D eigenvalue weighted by Crippen LogP contribution is -2.19. The van der Waals surface area contributed by atoms with E-state index in [1.807, 2.05) is 12.1 Å². The maximum Gasteiger partial charge on any atom is 0.212 e. The maximum atomic E-state index is 5.80. The molecular weight excluding hydrogens is 270 g/mol. The van der Waals surface area contributed by atoms with E-state index in [4.69, 9.17) is 9.47 Å². The van der Waals surface area contributed by atoms with Gasteiger partial charge in [0.15, 0.2) is 6.61 Å².